The number of benzene rings is 1. The summed E-state index contributed by atoms with van der Waals surface area (Å²) in [7, 11) is 0. The van der Waals surface area contributed by atoms with Gasteiger partial charge in [-0.15, -0.1) is 0 Å². The predicted octanol–water partition coefficient (Wildman–Crippen LogP) is 0.852. The van der Waals surface area contributed by atoms with E-state index in [2.05, 4.69) is 10.6 Å². The van der Waals surface area contributed by atoms with Crippen molar-refractivity contribution < 1.29 is 13.9 Å². The quantitative estimate of drug-likeness (QED) is 0.838. The number of morpholine rings is 1. The first-order valence-corrected chi connectivity index (χ1v) is 6.03. The van der Waals surface area contributed by atoms with E-state index in [0.29, 0.717) is 24.3 Å². The average Bonchev–Trinajstić information content (AvgIpc) is 2.40. The molecule has 18 heavy (non-hydrogen) atoms. The van der Waals surface area contributed by atoms with Gasteiger partial charge in [0.05, 0.1) is 12.7 Å². The fourth-order valence-electron chi connectivity index (χ4n) is 1.79. The van der Waals surface area contributed by atoms with Crippen LogP contribution in [0.15, 0.2) is 18.2 Å². The van der Waals surface area contributed by atoms with Gasteiger partial charge < -0.3 is 15.4 Å². The van der Waals surface area contributed by atoms with Crippen molar-refractivity contribution in [3.05, 3.63) is 35.1 Å². The van der Waals surface area contributed by atoms with Crippen molar-refractivity contribution in [2.45, 2.75) is 13.0 Å². The number of halogens is 1. The zero-order chi connectivity index (χ0) is 13.0. The molecule has 0 spiro atoms. The summed E-state index contributed by atoms with van der Waals surface area (Å²) in [5.41, 5.74) is 0.869. The molecule has 0 aliphatic carbocycles. The van der Waals surface area contributed by atoms with Crippen LogP contribution in [0.25, 0.3) is 0 Å². The van der Waals surface area contributed by atoms with Gasteiger partial charge in [-0.3, -0.25) is 4.79 Å². The van der Waals surface area contributed by atoms with Crippen molar-refractivity contribution in [1.82, 2.24) is 10.6 Å². The third-order valence-corrected chi connectivity index (χ3v) is 2.93. The first-order valence-electron chi connectivity index (χ1n) is 6.03. The largest absolute Gasteiger partial charge is 0.374 e. The maximum Gasteiger partial charge on any atom is 0.251 e. The van der Waals surface area contributed by atoms with Gasteiger partial charge >= 0.3 is 0 Å². The summed E-state index contributed by atoms with van der Waals surface area (Å²) in [6.07, 6.45) is -0.0157. The molecule has 4 nitrogen and oxygen atoms in total. The number of hydrogen-bond acceptors (Lipinski definition) is 3. The van der Waals surface area contributed by atoms with Crippen molar-refractivity contribution in [2.75, 3.05) is 26.2 Å². The van der Waals surface area contributed by atoms with Crippen LogP contribution in [0.2, 0.25) is 0 Å². The minimum absolute atomic E-state index is 0.0157. The first kappa shape index (κ1) is 13.0. The summed E-state index contributed by atoms with van der Waals surface area (Å²) in [6, 6.07) is 4.47. The number of hydrogen-bond donors (Lipinski definition) is 2. The third kappa shape index (κ3) is 3.27. The molecule has 5 heteroatoms. The Kier molecular flexibility index (Phi) is 4.28. The zero-order valence-electron chi connectivity index (χ0n) is 10.3. The van der Waals surface area contributed by atoms with Gasteiger partial charge in [0.1, 0.15) is 5.82 Å². The second-order valence-electron chi connectivity index (χ2n) is 4.37. The van der Waals surface area contributed by atoms with E-state index in [1.165, 1.54) is 6.07 Å². The lowest BCUT2D eigenvalue weighted by molar-refractivity contribution is 0.0287. The molecule has 1 heterocycles. The Labute approximate surface area is 106 Å². The second-order valence-corrected chi connectivity index (χ2v) is 4.37. The van der Waals surface area contributed by atoms with Crippen LogP contribution >= 0.6 is 0 Å². The number of carbonyl (C=O) groups is 1. The molecule has 0 radical (unpaired) electrons. The van der Waals surface area contributed by atoms with Crippen molar-refractivity contribution >= 4 is 5.91 Å². The van der Waals surface area contributed by atoms with E-state index in [1.807, 2.05) is 0 Å². The molecular weight excluding hydrogens is 235 g/mol. The second kappa shape index (κ2) is 5.93. The SMILES string of the molecule is Cc1ccc(C(=O)NCC2CNCCO2)cc1F. The van der Waals surface area contributed by atoms with Gasteiger partial charge in [-0.25, -0.2) is 4.39 Å². The van der Waals surface area contributed by atoms with Gasteiger partial charge in [-0.05, 0) is 24.6 Å². The molecular formula is C13H17FN2O2. The highest BCUT2D eigenvalue weighted by atomic mass is 19.1. The third-order valence-electron chi connectivity index (χ3n) is 2.93. The lowest BCUT2D eigenvalue weighted by atomic mass is 10.1. The van der Waals surface area contributed by atoms with E-state index in [-0.39, 0.29) is 17.8 Å². The highest BCUT2D eigenvalue weighted by Gasteiger charge is 2.15. The number of ether oxygens (including phenoxy) is 1. The Morgan fingerprint density at radius 1 is 1.61 bits per heavy atom. The van der Waals surface area contributed by atoms with Gasteiger partial charge in [0.2, 0.25) is 0 Å². The molecule has 0 saturated carbocycles. The highest BCUT2D eigenvalue weighted by Crippen LogP contribution is 2.09. The predicted molar refractivity (Wildman–Crippen MR) is 66.1 cm³/mol. The van der Waals surface area contributed by atoms with Crippen LogP contribution in [0.3, 0.4) is 0 Å². The van der Waals surface area contributed by atoms with Gasteiger partial charge in [0, 0.05) is 25.2 Å². The van der Waals surface area contributed by atoms with Crippen molar-refractivity contribution in [3.8, 4) is 0 Å². The molecule has 0 bridgehead atoms. The van der Waals surface area contributed by atoms with Crippen LogP contribution in [-0.4, -0.2) is 38.3 Å². The number of amides is 1. The Morgan fingerprint density at radius 2 is 2.44 bits per heavy atom. The first-order chi connectivity index (χ1) is 8.66. The molecule has 1 aromatic carbocycles. The molecule has 1 aliphatic heterocycles. The van der Waals surface area contributed by atoms with Crippen LogP contribution in [0.5, 0.6) is 0 Å². The van der Waals surface area contributed by atoms with E-state index in [1.54, 1.807) is 19.1 Å². The summed E-state index contributed by atoms with van der Waals surface area (Å²) < 4.78 is 18.8. The summed E-state index contributed by atoms with van der Waals surface area (Å²) in [5.74, 6) is -0.638. The van der Waals surface area contributed by atoms with E-state index < -0.39 is 0 Å². The maximum absolute atomic E-state index is 13.3. The molecule has 98 valence electrons. The Balaban J connectivity index is 1.88. The molecule has 1 atom stereocenters. The molecule has 1 unspecified atom stereocenters. The van der Waals surface area contributed by atoms with Gasteiger partial charge in [-0.2, -0.15) is 0 Å². The lowest BCUT2D eigenvalue weighted by Gasteiger charge is -2.23. The number of aryl methyl sites for hydroxylation is 1. The lowest BCUT2D eigenvalue weighted by Crippen LogP contribution is -2.45. The minimum atomic E-state index is -0.363. The molecule has 0 aromatic heterocycles. The highest BCUT2D eigenvalue weighted by molar-refractivity contribution is 5.94. The number of carbonyl (C=O) groups excluding carboxylic acids is 1. The van der Waals surface area contributed by atoms with Crippen LogP contribution in [-0.2, 0) is 4.74 Å². The fraction of sp³-hybridized carbons (Fsp3) is 0.462. The molecule has 2 N–H and O–H groups in total. The van der Waals surface area contributed by atoms with Gasteiger partial charge in [-0.1, -0.05) is 6.07 Å². The van der Waals surface area contributed by atoms with Crippen molar-refractivity contribution in [1.29, 1.82) is 0 Å². The maximum atomic E-state index is 13.3. The summed E-state index contributed by atoms with van der Waals surface area (Å²) in [6.45, 7) is 4.32. The fourth-order valence-corrected chi connectivity index (χ4v) is 1.79. The van der Waals surface area contributed by atoms with Crippen LogP contribution < -0.4 is 10.6 Å². The number of nitrogens with one attached hydrogen (secondary N) is 2. The summed E-state index contributed by atoms with van der Waals surface area (Å²) >= 11 is 0. The van der Waals surface area contributed by atoms with Crippen LogP contribution in [0.4, 0.5) is 4.39 Å². The Bertz CT molecular complexity index is 431. The molecule has 1 aromatic rings. The number of rotatable bonds is 3. The van der Waals surface area contributed by atoms with Gasteiger partial charge in [0.15, 0.2) is 0 Å². The molecule has 1 fully saturated rings. The topological polar surface area (TPSA) is 50.4 Å². The van der Waals surface area contributed by atoms with Crippen molar-refractivity contribution in [3.63, 3.8) is 0 Å². The normalized spacial score (nSPS) is 19.6. The van der Waals surface area contributed by atoms with E-state index in [0.717, 1.165) is 13.1 Å². The standard InChI is InChI=1S/C13H17FN2O2/c1-9-2-3-10(6-12(9)14)13(17)16-8-11-7-15-4-5-18-11/h2-3,6,11,15H,4-5,7-8H2,1H3,(H,16,17). The molecule has 1 saturated heterocycles. The molecule has 1 aliphatic rings. The monoisotopic (exact) mass is 252 g/mol. The van der Waals surface area contributed by atoms with E-state index in [9.17, 15) is 9.18 Å². The zero-order valence-corrected chi connectivity index (χ0v) is 10.3. The van der Waals surface area contributed by atoms with Crippen LogP contribution in [0, 0.1) is 12.7 Å². The molecule has 2 rings (SSSR count). The Hall–Kier alpha value is -1.46. The summed E-state index contributed by atoms with van der Waals surface area (Å²) in [4.78, 5) is 11.8. The van der Waals surface area contributed by atoms with E-state index in [4.69, 9.17) is 4.74 Å². The van der Waals surface area contributed by atoms with Gasteiger partial charge in [0.25, 0.3) is 5.91 Å². The molecule has 1 amide bonds. The van der Waals surface area contributed by atoms with E-state index >= 15 is 0 Å². The smallest absolute Gasteiger partial charge is 0.251 e. The van der Waals surface area contributed by atoms with Crippen LogP contribution in [0.1, 0.15) is 15.9 Å². The minimum Gasteiger partial charge on any atom is -0.374 e. The summed E-state index contributed by atoms with van der Waals surface area (Å²) in [5, 5.41) is 5.92. The average molecular weight is 252 g/mol. The Morgan fingerprint density at radius 3 is 3.11 bits per heavy atom. The van der Waals surface area contributed by atoms with Crippen molar-refractivity contribution in [2.24, 2.45) is 0 Å².